The molecule has 2 amide bonds. The molecule has 35 heavy (non-hydrogen) atoms. The zero-order chi connectivity index (χ0) is 25.0. The van der Waals surface area contributed by atoms with Gasteiger partial charge in [-0.05, 0) is 36.6 Å². The topological polar surface area (TPSA) is 74.4 Å². The van der Waals surface area contributed by atoms with Crippen molar-refractivity contribution >= 4 is 17.5 Å². The minimum absolute atomic E-state index is 0.0355. The van der Waals surface area contributed by atoms with Crippen molar-refractivity contribution in [2.24, 2.45) is 5.92 Å². The van der Waals surface area contributed by atoms with Gasteiger partial charge in [0.15, 0.2) is 0 Å². The molecule has 3 heterocycles. The molecule has 0 unspecified atom stereocenters. The van der Waals surface area contributed by atoms with Gasteiger partial charge in [-0.25, -0.2) is 0 Å². The fraction of sp³-hybridized carbons (Fsp3) is 0.667. The van der Waals surface area contributed by atoms with Crippen LogP contribution in [0.5, 0.6) is 0 Å². The molecule has 3 aliphatic heterocycles. The molecule has 0 aliphatic carbocycles. The molecule has 1 N–H and O–H groups in total. The number of anilines is 1. The van der Waals surface area contributed by atoms with Crippen molar-refractivity contribution in [1.82, 2.24) is 15.1 Å². The number of methoxy groups -OCH3 is 1. The van der Waals surface area contributed by atoms with Gasteiger partial charge < -0.3 is 24.6 Å². The predicted octanol–water partition coefficient (Wildman–Crippen LogP) is 1.38. The van der Waals surface area contributed by atoms with Crippen LogP contribution in [-0.2, 0) is 31.7 Å². The van der Waals surface area contributed by atoms with E-state index in [9.17, 15) is 22.8 Å². The minimum atomic E-state index is -4.44. The van der Waals surface area contributed by atoms with E-state index in [2.05, 4.69) is 10.2 Å². The van der Waals surface area contributed by atoms with Crippen LogP contribution in [0.3, 0.4) is 0 Å². The van der Waals surface area contributed by atoms with Gasteiger partial charge in [-0.1, -0.05) is 0 Å². The Morgan fingerprint density at radius 3 is 2.66 bits per heavy atom. The number of carbonyl (C=O) groups is 2. The minimum Gasteiger partial charge on any atom is -0.385 e. The number of hydrogen-bond donors (Lipinski definition) is 1. The molecule has 2 saturated heterocycles. The van der Waals surface area contributed by atoms with Crippen LogP contribution in [0, 0.1) is 5.92 Å². The van der Waals surface area contributed by atoms with Crippen molar-refractivity contribution in [1.29, 1.82) is 0 Å². The standard InChI is InChI=1S/C24H33F3N4O4/c1-34-10-2-5-28-23(33)19-14-17-13-18(24(25,26)27)3-4-20(17)31-7-6-29(15-21(19)31)16-22(32)30-8-11-35-12-9-30/h3-4,13,19,21H,2,5-12,14-16H2,1H3,(H,28,33)/t19-,21+/m0/s1. The quantitative estimate of drug-likeness (QED) is 0.573. The molecule has 11 heteroatoms. The highest BCUT2D eigenvalue weighted by molar-refractivity contribution is 5.82. The SMILES string of the molecule is COCCCNC(=O)[C@H]1Cc2cc(C(F)(F)F)ccc2N2CCN(CC(=O)N3CCOCC3)C[C@H]12. The maximum Gasteiger partial charge on any atom is 0.416 e. The Balaban J connectivity index is 1.52. The number of hydrogen-bond acceptors (Lipinski definition) is 6. The molecule has 0 saturated carbocycles. The molecule has 2 atom stereocenters. The summed E-state index contributed by atoms with van der Waals surface area (Å²) in [7, 11) is 1.59. The Morgan fingerprint density at radius 1 is 1.17 bits per heavy atom. The first kappa shape index (κ1) is 25.7. The summed E-state index contributed by atoms with van der Waals surface area (Å²) in [6, 6.07) is 3.57. The highest BCUT2D eigenvalue weighted by atomic mass is 19.4. The highest BCUT2D eigenvalue weighted by Gasteiger charge is 2.43. The number of amides is 2. The van der Waals surface area contributed by atoms with E-state index in [4.69, 9.17) is 9.47 Å². The van der Waals surface area contributed by atoms with Crippen molar-refractivity contribution in [3.63, 3.8) is 0 Å². The van der Waals surface area contributed by atoms with E-state index in [1.54, 1.807) is 12.0 Å². The van der Waals surface area contributed by atoms with Crippen LogP contribution in [0.15, 0.2) is 18.2 Å². The normalized spacial score (nSPS) is 23.0. The van der Waals surface area contributed by atoms with Gasteiger partial charge in [-0.3, -0.25) is 14.5 Å². The van der Waals surface area contributed by atoms with E-state index in [1.165, 1.54) is 12.1 Å². The molecule has 0 bridgehead atoms. The Hall–Kier alpha value is -2.37. The first-order valence-electron chi connectivity index (χ1n) is 12.1. The van der Waals surface area contributed by atoms with Gasteiger partial charge in [0.1, 0.15) is 0 Å². The van der Waals surface area contributed by atoms with Crippen LogP contribution in [-0.4, -0.2) is 100 Å². The van der Waals surface area contributed by atoms with Crippen LogP contribution in [0.4, 0.5) is 18.9 Å². The molecule has 8 nitrogen and oxygen atoms in total. The van der Waals surface area contributed by atoms with E-state index in [0.29, 0.717) is 71.1 Å². The smallest absolute Gasteiger partial charge is 0.385 e. The van der Waals surface area contributed by atoms with Crippen LogP contribution in [0.1, 0.15) is 17.5 Å². The second-order valence-electron chi connectivity index (χ2n) is 9.28. The fourth-order valence-corrected chi connectivity index (χ4v) is 5.17. The maximum atomic E-state index is 13.4. The second-order valence-corrected chi connectivity index (χ2v) is 9.28. The van der Waals surface area contributed by atoms with Crippen molar-refractivity contribution in [2.45, 2.75) is 25.1 Å². The summed E-state index contributed by atoms with van der Waals surface area (Å²) in [4.78, 5) is 31.9. The molecule has 2 fully saturated rings. The first-order valence-corrected chi connectivity index (χ1v) is 12.1. The number of ether oxygens (including phenoxy) is 2. The van der Waals surface area contributed by atoms with Gasteiger partial charge in [0.05, 0.1) is 37.3 Å². The summed E-state index contributed by atoms with van der Waals surface area (Å²) in [5.41, 5.74) is 0.570. The van der Waals surface area contributed by atoms with E-state index in [0.717, 1.165) is 11.8 Å². The maximum absolute atomic E-state index is 13.4. The number of fused-ring (bicyclic) bond motifs is 3. The summed E-state index contributed by atoms with van der Waals surface area (Å²) < 4.78 is 50.4. The number of nitrogens with one attached hydrogen (secondary N) is 1. The summed E-state index contributed by atoms with van der Waals surface area (Å²) >= 11 is 0. The molecule has 194 valence electrons. The number of halogens is 3. The number of piperazine rings is 1. The first-order chi connectivity index (χ1) is 16.8. The van der Waals surface area contributed by atoms with Crippen LogP contribution in [0.25, 0.3) is 0 Å². The summed E-state index contributed by atoms with van der Waals surface area (Å²) in [6.45, 7) is 5.03. The van der Waals surface area contributed by atoms with Crippen molar-refractivity contribution in [3.8, 4) is 0 Å². The van der Waals surface area contributed by atoms with E-state index in [1.807, 2.05) is 4.90 Å². The molecule has 0 aromatic heterocycles. The molecule has 3 aliphatic rings. The number of rotatable bonds is 7. The second kappa shape index (κ2) is 11.1. The number of benzene rings is 1. The van der Waals surface area contributed by atoms with Gasteiger partial charge in [-0.15, -0.1) is 0 Å². The van der Waals surface area contributed by atoms with Gasteiger partial charge in [0.2, 0.25) is 11.8 Å². The number of alkyl halides is 3. The van der Waals surface area contributed by atoms with Gasteiger partial charge in [0.25, 0.3) is 0 Å². The molecule has 1 aromatic carbocycles. The number of morpholine rings is 1. The molecule has 0 spiro atoms. The predicted molar refractivity (Wildman–Crippen MR) is 123 cm³/mol. The Labute approximate surface area is 203 Å². The van der Waals surface area contributed by atoms with E-state index < -0.39 is 17.7 Å². The summed E-state index contributed by atoms with van der Waals surface area (Å²) in [5.74, 6) is -0.663. The molecular weight excluding hydrogens is 465 g/mol. The average Bonchev–Trinajstić information content (AvgIpc) is 2.85. The average molecular weight is 499 g/mol. The summed E-state index contributed by atoms with van der Waals surface area (Å²) in [6.07, 6.45) is -3.57. The van der Waals surface area contributed by atoms with E-state index in [-0.39, 0.29) is 30.8 Å². The third-order valence-electron chi connectivity index (χ3n) is 7.01. The Kier molecular flexibility index (Phi) is 8.18. The molecule has 4 rings (SSSR count). The lowest BCUT2D eigenvalue weighted by Gasteiger charge is -2.49. The van der Waals surface area contributed by atoms with Gasteiger partial charge >= 0.3 is 6.18 Å². The lowest BCUT2D eigenvalue weighted by atomic mass is 9.82. The van der Waals surface area contributed by atoms with Gasteiger partial charge in [0, 0.05) is 58.7 Å². The lowest BCUT2D eigenvalue weighted by molar-refractivity contribution is -0.138. The highest BCUT2D eigenvalue weighted by Crippen LogP contribution is 2.39. The molecular formula is C24H33F3N4O4. The Bertz CT molecular complexity index is 907. The fourth-order valence-electron chi connectivity index (χ4n) is 5.17. The molecule has 0 radical (unpaired) electrons. The van der Waals surface area contributed by atoms with Crippen LogP contribution in [0.2, 0.25) is 0 Å². The van der Waals surface area contributed by atoms with Crippen molar-refractivity contribution < 1.29 is 32.2 Å². The number of nitrogens with zero attached hydrogens (tertiary/aromatic N) is 3. The zero-order valence-corrected chi connectivity index (χ0v) is 20.0. The van der Waals surface area contributed by atoms with Crippen molar-refractivity contribution in [3.05, 3.63) is 29.3 Å². The monoisotopic (exact) mass is 498 g/mol. The van der Waals surface area contributed by atoms with Crippen LogP contribution < -0.4 is 10.2 Å². The van der Waals surface area contributed by atoms with Crippen LogP contribution >= 0.6 is 0 Å². The molecule has 1 aromatic rings. The van der Waals surface area contributed by atoms with Crippen molar-refractivity contribution in [2.75, 3.05) is 77.6 Å². The Morgan fingerprint density at radius 2 is 1.94 bits per heavy atom. The lowest BCUT2D eigenvalue weighted by Crippen LogP contribution is -2.62. The van der Waals surface area contributed by atoms with Gasteiger partial charge in [-0.2, -0.15) is 13.2 Å². The van der Waals surface area contributed by atoms with E-state index >= 15 is 0 Å². The zero-order valence-electron chi connectivity index (χ0n) is 20.0. The third-order valence-corrected chi connectivity index (χ3v) is 7.01. The summed E-state index contributed by atoms with van der Waals surface area (Å²) in [5, 5.41) is 2.93. The largest absolute Gasteiger partial charge is 0.416 e. The third kappa shape index (κ3) is 6.07. The number of carbonyl (C=O) groups excluding carboxylic acids is 2.